The molecule has 0 amide bonds. The molecule has 2 aromatic heterocycles. The highest BCUT2D eigenvalue weighted by Gasteiger charge is 2.20. The van der Waals surface area contributed by atoms with Gasteiger partial charge >= 0.3 is 0 Å². The molecule has 0 radical (unpaired) electrons. The van der Waals surface area contributed by atoms with Crippen LogP contribution >= 0.6 is 11.8 Å². The molecule has 0 spiro atoms. The van der Waals surface area contributed by atoms with Crippen LogP contribution in [0.1, 0.15) is 12.5 Å². The molecular formula is C26H19F3N4S. The topological polar surface area (TPSA) is 43.6 Å². The molecule has 0 atom stereocenters. The van der Waals surface area contributed by atoms with Crippen molar-refractivity contribution in [3.63, 3.8) is 0 Å². The molecule has 0 aliphatic rings. The Labute approximate surface area is 198 Å². The summed E-state index contributed by atoms with van der Waals surface area (Å²) in [5.74, 6) is -2.53. The maximum absolute atomic E-state index is 14.1. The summed E-state index contributed by atoms with van der Waals surface area (Å²) in [6.45, 7) is 2.48. The Morgan fingerprint density at radius 3 is 2.38 bits per heavy atom. The van der Waals surface area contributed by atoms with E-state index in [1.165, 1.54) is 0 Å². The minimum Gasteiger partial charge on any atom is -0.302 e. The normalized spacial score (nSPS) is 11.3. The van der Waals surface area contributed by atoms with Gasteiger partial charge in [0.25, 0.3) is 0 Å². The standard InChI is InChI=1S/C26H19F3N4S/c1-2-33-25(31-32-26(33)34-15-19-20(27)12-13-21(28)24(19)29)18-14-23(16-8-4-3-5-9-16)30-22-11-7-6-10-17(18)22/h3-14H,2,15H2,1H3. The van der Waals surface area contributed by atoms with Gasteiger partial charge in [0.1, 0.15) is 5.82 Å². The molecule has 0 unspecified atom stereocenters. The molecule has 2 heterocycles. The van der Waals surface area contributed by atoms with Crippen LogP contribution in [0.3, 0.4) is 0 Å². The lowest BCUT2D eigenvalue weighted by Gasteiger charge is -2.12. The number of thioether (sulfide) groups is 1. The first-order chi connectivity index (χ1) is 16.6. The van der Waals surface area contributed by atoms with Gasteiger partial charge in [0.2, 0.25) is 0 Å². The molecule has 0 saturated carbocycles. The molecular weight excluding hydrogens is 457 g/mol. The van der Waals surface area contributed by atoms with Crippen LogP contribution in [-0.4, -0.2) is 19.7 Å². The van der Waals surface area contributed by atoms with Crippen LogP contribution in [0, 0.1) is 17.5 Å². The maximum Gasteiger partial charge on any atom is 0.191 e. The summed E-state index contributed by atoms with van der Waals surface area (Å²) >= 11 is 1.11. The Hall–Kier alpha value is -3.65. The molecule has 4 nitrogen and oxygen atoms in total. The highest BCUT2D eigenvalue weighted by molar-refractivity contribution is 7.98. The Morgan fingerprint density at radius 2 is 1.59 bits per heavy atom. The van der Waals surface area contributed by atoms with Gasteiger partial charge in [-0.05, 0) is 31.2 Å². The molecule has 8 heteroatoms. The monoisotopic (exact) mass is 476 g/mol. The van der Waals surface area contributed by atoms with Crippen molar-refractivity contribution in [1.29, 1.82) is 0 Å². The Bertz CT molecular complexity index is 1480. The first-order valence-corrected chi connectivity index (χ1v) is 11.7. The van der Waals surface area contributed by atoms with Gasteiger partial charge in [0, 0.05) is 34.4 Å². The van der Waals surface area contributed by atoms with Crippen molar-refractivity contribution in [3.8, 4) is 22.6 Å². The fourth-order valence-electron chi connectivity index (χ4n) is 3.84. The fraction of sp³-hybridized carbons (Fsp3) is 0.115. The van der Waals surface area contributed by atoms with E-state index in [9.17, 15) is 13.2 Å². The zero-order valence-corrected chi connectivity index (χ0v) is 19.0. The molecule has 5 aromatic rings. The highest BCUT2D eigenvalue weighted by Crippen LogP contribution is 2.34. The average molecular weight is 477 g/mol. The average Bonchev–Trinajstić information content (AvgIpc) is 3.29. The summed E-state index contributed by atoms with van der Waals surface area (Å²) in [5, 5.41) is 10.1. The lowest BCUT2D eigenvalue weighted by molar-refractivity contribution is 0.485. The minimum absolute atomic E-state index is 0.111. The molecule has 170 valence electrons. The zero-order valence-electron chi connectivity index (χ0n) is 18.2. The van der Waals surface area contributed by atoms with Gasteiger partial charge in [0.15, 0.2) is 22.6 Å². The van der Waals surface area contributed by atoms with Crippen molar-refractivity contribution in [3.05, 3.63) is 95.8 Å². The van der Waals surface area contributed by atoms with E-state index in [-0.39, 0.29) is 11.3 Å². The molecule has 3 aromatic carbocycles. The number of aromatic nitrogens is 4. The second kappa shape index (κ2) is 9.30. The Morgan fingerprint density at radius 1 is 0.853 bits per heavy atom. The number of hydrogen-bond donors (Lipinski definition) is 0. The van der Waals surface area contributed by atoms with Crippen molar-refractivity contribution in [2.24, 2.45) is 0 Å². The van der Waals surface area contributed by atoms with Gasteiger partial charge in [-0.25, -0.2) is 18.2 Å². The van der Waals surface area contributed by atoms with E-state index in [1.807, 2.05) is 72.2 Å². The SMILES string of the molecule is CCn1c(SCc2c(F)ccc(F)c2F)nnc1-c1cc(-c2ccccc2)nc2ccccc12. The van der Waals surface area contributed by atoms with Crippen LogP contribution in [0.15, 0.2) is 78.0 Å². The number of fused-ring (bicyclic) bond motifs is 1. The van der Waals surface area contributed by atoms with Crippen molar-refractivity contribution in [2.45, 2.75) is 24.4 Å². The van der Waals surface area contributed by atoms with Crippen molar-refractivity contribution in [2.75, 3.05) is 0 Å². The van der Waals surface area contributed by atoms with E-state index in [0.717, 1.165) is 51.6 Å². The summed E-state index contributed by atoms with van der Waals surface area (Å²) in [6, 6.07) is 21.3. The summed E-state index contributed by atoms with van der Waals surface area (Å²) in [4.78, 5) is 4.82. The van der Waals surface area contributed by atoms with Crippen molar-refractivity contribution >= 4 is 22.7 Å². The molecule has 5 rings (SSSR count). The van der Waals surface area contributed by atoms with Crippen LogP contribution < -0.4 is 0 Å². The van der Waals surface area contributed by atoms with Crippen LogP contribution in [-0.2, 0) is 12.3 Å². The number of nitrogens with zero attached hydrogens (tertiary/aromatic N) is 4. The number of hydrogen-bond acceptors (Lipinski definition) is 4. The number of benzene rings is 3. The molecule has 0 saturated heterocycles. The third-order valence-electron chi connectivity index (χ3n) is 5.54. The van der Waals surface area contributed by atoms with E-state index < -0.39 is 17.5 Å². The van der Waals surface area contributed by atoms with Gasteiger partial charge in [-0.2, -0.15) is 0 Å². The molecule has 0 aliphatic heterocycles. The first-order valence-electron chi connectivity index (χ1n) is 10.7. The number of pyridine rings is 1. The first kappa shape index (κ1) is 22.2. The molecule has 0 N–H and O–H groups in total. The lowest BCUT2D eigenvalue weighted by atomic mass is 10.0. The van der Waals surface area contributed by atoms with Crippen LogP contribution in [0.5, 0.6) is 0 Å². The molecule has 0 fully saturated rings. The second-order valence-electron chi connectivity index (χ2n) is 7.60. The quantitative estimate of drug-likeness (QED) is 0.198. The number of halogens is 3. The van der Waals surface area contributed by atoms with E-state index >= 15 is 0 Å². The summed E-state index contributed by atoms with van der Waals surface area (Å²) in [6.07, 6.45) is 0. The van der Waals surface area contributed by atoms with Gasteiger partial charge in [0.05, 0.1) is 11.2 Å². The summed E-state index contributed by atoms with van der Waals surface area (Å²) in [7, 11) is 0. The summed E-state index contributed by atoms with van der Waals surface area (Å²) < 4.78 is 43.7. The van der Waals surface area contributed by atoms with E-state index in [4.69, 9.17) is 4.98 Å². The fourth-order valence-corrected chi connectivity index (χ4v) is 4.84. The van der Waals surface area contributed by atoms with E-state index in [0.29, 0.717) is 17.5 Å². The Balaban J connectivity index is 1.58. The predicted molar refractivity (Wildman–Crippen MR) is 128 cm³/mol. The van der Waals surface area contributed by atoms with Crippen LogP contribution in [0.2, 0.25) is 0 Å². The van der Waals surface area contributed by atoms with E-state index in [1.54, 1.807) is 0 Å². The van der Waals surface area contributed by atoms with Gasteiger partial charge in [-0.15, -0.1) is 10.2 Å². The Kier molecular flexibility index (Phi) is 6.06. The third-order valence-corrected chi connectivity index (χ3v) is 6.54. The highest BCUT2D eigenvalue weighted by atomic mass is 32.2. The third kappa shape index (κ3) is 4.05. The number of para-hydroxylation sites is 1. The smallest absolute Gasteiger partial charge is 0.191 e. The van der Waals surface area contributed by atoms with Crippen LogP contribution in [0.25, 0.3) is 33.5 Å². The largest absolute Gasteiger partial charge is 0.302 e. The predicted octanol–water partition coefficient (Wildman–Crippen LogP) is 6.89. The van der Waals surface area contributed by atoms with Gasteiger partial charge in [-0.3, -0.25) is 0 Å². The molecule has 0 aliphatic carbocycles. The second-order valence-corrected chi connectivity index (χ2v) is 8.54. The van der Waals surface area contributed by atoms with E-state index in [2.05, 4.69) is 10.2 Å². The van der Waals surface area contributed by atoms with Gasteiger partial charge < -0.3 is 4.57 Å². The molecule has 34 heavy (non-hydrogen) atoms. The van der Waals surface area contributed by atoms with Crippen molar-refractivity contribution < 1.29 is 13.2 Å². The minimum atomic E-state index is -1.18. The zero-order chi connectivity index (χ0) is 23.7. The summed E-state index contributed by atoms with van der Waals surface area (Å²) in [5.41, 5.74) is 3.14. The maximum atomic E-state index is 14.1. The molecule has 0 bridgehead atoms. The van der Waals surface area contributed by atoms with Crippen LogP contribution in [0.4, 0.5) is 13.2 Å². The number of rotatable bonds is 6. The lowest BCUT2D eigenvalue weighted by Crippen LogP contribution is -2.02. The van der Waals surface area contributed by atoms with Crippen molar-refractivity contribution in [1.82, 2.24) is 19.7 Å². The van der Waals surface area contributed by atoms with Gasteiger partial charge in [-0.1, -0.05) is 60.3 Å².